The fraction of sp³-hybridized carbons (Fsp3) is 0.312. The van der Waals surface area contributed by atoms with Crippen molar-refractivity contribution in [2.45, 2.75) is 20.5 Å². The fourth-order valence-corrected chi connectivity index (χ4v) is 2.27. The molecule has 2 aromatic rings. The van der Waals surface area contributed by atoms with E-state index in [9.17, 15) is 4.79 Å². The molecule has 0 aliphatic rings. The number of aromatic nitrogens is 1. The Morgan fingerprint density at radius 1 is 1.30 bits per heavy atom. The first-order valence-corrected chi connectivity index (χ1v) is 6.85. The van der Waals surface area contributed by atoms with Crippen LogP contribution in [-0.2, 0) is 18.4 Å². The number of hydrogen-bond acceptors (Lipinski definition) is 2. The average Bonchev–Trinajstić information content (AvgIpc) is 2.68. The molecule has 0 unspecified atom stereocenters. The van der Waals surface area contributed by atoms with Gasteiger partial charge in [-0.3, -0.25) is 4.79 Å². The van der Waals surface area contributed by atoms with Gasteiger partial charge in [-0.1, -0.05) is 29.8 Å². The molecule has 0 bridgehead atoms. The summed E-state index contributed by atoms with van der Waals surface area (Å²) in [5.41, 5.74) is 3.65. The fourth-order valence-electron chi connectivity index (χ4n) is 2.08. The van der Waals surface area contributed by atoms with E-state index in [1.807, 2.05) is 55.8 Å². The van der Waals surface area contributed by atoms with Crippen molar-refractivity contribution in [2.24, 2.45) is 7.05 Å². The maximum Gasteiger partial charge on any atom is 0.190 e. The van der Waals surface area contributed by atoms with E-state index in [-0.39, 0.29) is 12.4 Å². The molecular formula is C16H18ClNO2. The highest BCUT2D eigenvalue weighted by atomic mass is 35.5. The van der Waals surface area contributed by atoms with Gasteiger partial charge in [0, 0.05) is 29.0 Å². The second-order valence-corrected chi connectivity index (χ2v) is 5.26. The largest absolute Gasteiger partial charge is 0.369 e. The smallest absolute Gasteiger partial charge is 0.190 e. The molecule has 3 nitrogen and oxygen atoms in total. The lowest BCUT2D eigenvalue weighted by molar-refractivity contribution is 0.0726. The lowest BCUT2D eigenvalue weighted by Crippen LogP contribution is -2.10. The number of rotatable bonds is 5. The van der Waals surface area contributed by atoms with Gasteiger partial charge in [0.2, 0.25) is 0 Å². The average molecular weight is 292 g/mol. The zero-order valence-corrected chi connectivity index (χ0v) is 12.7. The number of ketones is 1. The Morgan fingerprint density at radius 3 is 2.60 bits per heavy atom. The summed E-state index contributed by atoms with van der Waals surface area (Å²) in [5.74, 6) is -0.00162. The van der Waals surface area contributed by atoms with Gasteiger partial charge in [-0.25, -0.2) is 0 Å². The molecule has 2 rings (SSSR count). The molecule has 0 atom stereocenters. The Bertz CT molecular complexity index is 631. The van der Waals surface area contributed by atoms with Gasteiger partial charge >= 0.3 is 0 Å². The van der Waals surface area contributed by atoms with Gasteiger partial charge < -0.3 is 9.30 Å². The van der Waals surface area contributed by atoms with Crippen LogP contribution >= 0.6 is 11.6 Å². The van der Waals surface area contributed by atoms with Gasteiger partial charge in [0.15, 0.2) is 5.78 Å². The number of aryl methyl sites for hydroxylation is 1. The maximum atomic E-state index is 12.1. The lowest BCUT2D eigenvalue weighted by Gasteiger charge is -2.06. The van der Waals surface area contributed by atoms with Crippen LogP contribution in [-0.4, -0.2) is 17.0 Å². The highest BCUT2D eigenvalue weighted by molar-refractivity contribution is 6.31. The van der Waals surface area contributed by atoms with Crippen LogP contribution in [0.2, 0.25) is 5.02 Å². The van der Waals surface area contributed by atoms with Crippen molar-refractivity contribution in [3.05, 3.63) is 57.9 Å². The van der Waals surface area contributed by atoms with Crippen LogP contribution in [0.3, 0.4) is 0 Å². The second kappa shape index (κ2) is 6.25. The first-order chi connectivity index (χ1) is 9.50. The van der Waals surface area contributed by atoms with Gasteiger partial charge in [-0.15, -0.1) is 0 Å². The molecule has 0 radical (unpaired) electrons. The molecule has 0 fully saturated rings. The Balaban J connectivity index is 1.96. The second-order valence-electron chi connectivity index (χ2n) is 4.85. The minimum atomic E-state index is -0.00162. The van der Waals surface area contributed by atoms with Crippen LogP contribution in [0.4, 0.5) is 0 Å². The zero-order valence-electron chi connectivity index (χ0n) is 11.9. The molecule has 0 N–H and O–H groups in total. The first kappa shape index (κ1) is 14.8. The molecule has 0 aliphatic carbocycles. The molecule has 0 aliphatic heterocycles. The third-order valence-corrected chi connectivity index (χ3v) is 3.89. The number of hydrogen-bond donors (Lipinski definition) is 0. The summed E-state index contributed by atoms with van der Waals surface area (Å²) < 4.78 is 7.48. The number of carbonyl (C=O) groups excluding carboxylic acids is 1. The topological polar surface area (TPSA) is 31.2 Å². The third kappa shape index (κ3) is 3.11. The van der Waals surface area contributed by atoms with Crippen molar-refractivity contribution in [3.8, 4) is 0 Å². The van der Waals surface area contributed by atoms with Crippen LogP contribution in [0.15, 0.2) is 30.3 Å². The summed E-state index contributed by atoms with van der Waals surface area (Å²) in [6, 6.07) is 9.37. The van der Waals surface area contributed by atoms with E-state index in [1.165, 1.54) is 0 Å². The highest BCUT2D eigenvalue weighted by Gasteiger charge is 2.14. The summed E-state index contributed by atoms with van der Waals surface area (Å²) in [5, 5.41) is 0.659. The van der Waals surface area contributed by atoms with E-state index in [0.717, 1.165) is 22.5 Å². The summed E-state index contributed by atoms with van der Waals surface area (Å²) in [4.78, 5) is 12.1. The molecule has 106 valence electrons. The van der Waals surface area contributed by atoms with E-state index in [4.69, 9.17) is 16.3 Å². The van der Waals surface area contributed by atoms with Crippen LogP contribution in [0, 0.1) is 13.8 Å². The number of carbonyl (C=O) groups is 1. The zero-order chi connectivity index (χ0) is 14.7. The molecule has 1 aromatic carbocycles. The summed E-state index contributed by atoms with van der Waals surface area (Å²) in [7, 11) is 1.95. The van der Waals surface area contributed by atoms with E-state index in [2.05, 4.69) is 0 Å². The van der Waals surface area contributed by atoms with E-state index in [0.29, 0.717) is 11.6 Å². The summed E-state index contributed by atoms with van der Waals surface area (Å²) in [6.45, 7) is 4.33. The number of ether oxygens (including phenoxy) is 1. The molecule has 20 heavy (non-hydrogen) atoms. The van der Waals surface area contributed by atoms with E-state index < -0.39 is 0 Å². The van der Waals surface area contributed by atoms with Crippen LogP contribution in [0.5, 0.6) is 0 Å². The van der Waals surface area contributed by atoms with Crippen molar-refractivity contribution in [3.63, 3.8) is 0 Å². The maximum absolute atomic E-state index is 12.1. The van der Waals surface area contributed by atoms with E-state index >= 15 is 0 Å². The van der Waals surface area contributed by atoms with Crippen molar-refractivity contribution in [1.82, 2.24) is 4.57 Å². The Hall–Kier alpha value is -1.58. The summed E-state index contributed by atoms with van der Waals surface area (Å²) in [6.07, 6.45) is 0. The molecule has 1 heterocycles. The molecule has 4 heteroatoms. The third-order valence-electron chi connectivity index (χ3n) is 3.52. The normalized spacial score (nSPS) is 10.8. The van der Waals surface area contributed by atoms with Gasteiger partial charge in [0.1, 0.15) is 6.61 Å². The van der Waals surface area contributed by atoms with Crippen molar-refractivity contribution < 1.29 is 9.53 Å². The van der Waals surface area contributed by atoms with Gasteiger partial charge in [0.05, 0.1) is 6.61 Å². The van der Waals surface area contributed by atoms with Crippen molar-refractivity contribution in [1.29, 1.82) is 0 Å². The Kier molecular flexibility index (Phi) is 4.63. The Labute approximate surface area is 124 Å². The number of benzene rings is 1. The molecule has 0 saturated carbocycles. The van der Waals surface area contributed by atoms with Crippen LogP contribution < -0.4 is 0 Å². The SMILES string of the molecule is Cc1cc(C(=O)COCc2ccccc2Cl)c(C)n1C. The molecular weight excluding hydrogens is 274 g/mol. The quantitative estimate of drug-likeness (QED) is 0.787. The minimum absolute atomic E-state index is 0.00162. The van der Waals surface area contributed by atoms with Gasteiger partial charge in [-0.05, 0) is 31.5 Å². The Morgan fingerprint density at radius 2 is 2.00 bits per heavy atom. The standard InChI is InChI=1S/C16H18ClNO2/c1-11-8-14(12(2)18(11)3)16(19)10-20-9-13-6-4-5-7-15(13)17/h4-8H,9-10H2,1-3H3. The van der Waals surface area contributed by atoms with Gasteiger partial charge in [-0.2, -0.15) is 0 Å². The molecule has 0 amide bonds. The first-order valence-electron chi connectivity index (χ1n) is 6.48. The number of nitrogens with zero attached hydrogens (tertiary/aromatic N) is 1. The molecule has 0 spiro atoms. The van der Waals surface area contributed by atoms with Crippen LogP contribution in [0.25, 0.3) is 0 Å². The predicted octanol–water partition coefficient (Wildman–Crippen LogP) is 3.69. The van der Waals surface area contributed by atoms with Gasteiger partial charge in [0.25, 0.3) is 0 Å². The number of Topliss-reactive ketones (excluding diaryl/α,β-unsaturated/α-hetero) is 1. The predicted molar refractivity (Wildman–Crippen MR) is 80.3 cm³/mol. The van der Waals surface area contributed by atoms with E-state index in [1.54, 1.807) is 0 Å². The molecule has 1 aromatic heterocycles. The van der Waals surface area contributed by atoms with Crippen molar-refractivity contribution in [2.75, 3.05) is 6.61 Å². The monoisotopic (exact) mass is 291 g/mol. The summed E-state index contributed by atoms with van der Waals surface area (Å²) >= 11 is 6.04. The minimum Gasteiger partial charge on any atom is -0.369 e. The highest BCUT2D eigenvalue weighted by Crippen LogP contribution is 2.17. The van der Waals surface area contributed by atoms with Crippen molar-refractivity contribution >= 4 is 17.4 Å². The lowest BCUT2D eigenvalue weighted by atomic mass is 10.1. The number of halogens is 1. The van der Waals surface area contributed by atoms with Crippen LogP contribution in [0.1, 0.15) is 27.3 Å². The molecule has 0 saturated heterocycles.